The van der Waals surface area contributed by atoms with Gasteiger partial charge in [0.15, 0.2) is 0 Å². The SMILES string of the molecule is CC1CCC(C(O)C(C)C)CC1. The van der Waals surface area contributed by atoms with Gasteiger partial charge in [-0.05, 0) is 30.6 Å². The quantitative estimate of drug-likeness (QED) is 0.675. The van der Waals surface area contributed by atoms with Crippen LogP contribution in [0, 0.1) is 17.8 Å². The van der Waals surface area contributed by atoms with E-state index >= 15 is 0 Å². The molecule has 1 heteroatoms. The summed E-state index contributed by atoms with van der Waals surface area (Å²) in [5.74, 6) is 1.91. The van der Waals surface area contributed by atoms with E-state index < -0.39 is 0 Å². The first kappa shape index (κ1) is 10.0. The molecule has 0 bridgehead atoms. The summed E-state index contributed by atoms with van der Waals surface area (Å²) in [6.07, 6.45) is 5.04. The van der Waals surface area contributed by atoms with Crippen molar-refractivity contribution in [3.63, 3.8) is 0 Å². The molecule has 12 heavy (non-hydrogen) atoms. The van der Waals surface area contributed by atoms with Crippen molar-refractivity contribution in [2.45, 2.75) is 52.6 Å². The fourth-order valence-corrected chi connectivity index (χ4v) is 2.17. The second kappa shape index (κ2) is 4.27. The largest absolute Gasteiger partial charge is 0.393 e. The van der Waals surface area contributed by atoms with Crippen LogP contribution < -0.4 is 0 Å². The predicted molar refractivity (Wildman–Crippen MR) is 52.0 cm³/mol. The molecule has 1 atom stereocenters. The monoisotopic (exact) mass is 170 g/mol. The van der Waals surface area contributed by atoms with Gasteiger partial charge in [0.25, 0.3) is 0 Å². The van der Waals surface area contributed by atoms with E-state index in [9.17, 15) is 5.11 Å². The first-order chi connectivity index (χ1) is 5.61. The molecule has 1 fully saturated rings. The summed E-state index contributed by atoms with van der Waals surface area (Å²) < 4.78 is 0. The molecule has 1 N–H and O–H groups in total. The Labute approximate surface area is 76.2 Å². The number of rotatable bonds is 2. The van der Waals surface area contributed by atoms with E-state index in [0.717, 1.165) is 5.92 Å². The van der Waals surface area contributed by atoms with Crippen LogP contribution in [0.1, 0.15) is 46.5 Å². The third-order valence-electron chi connectivity index (χ3n) is 3.23. The molecular weight excluding hydrogens is 148 g/mol. The molecule has 0 aromatic heterocycles. The van der Waals surface area contributed by atoms with Crippen molar-refractivity contribution in [2.24, 2.45) is 17.8 Å². The lowest BCUT2D eigenvalue weighted by atomic mass is 9.77. The van der Waals surface area contributed by atoms with Crippen LogP contribution in [0.25, 0.3) is 0 Å². The fraction of sp³-hybridized carbons (Fsp3) is 1.00. The van der Waals surface area contributed by atoms with Gasteiger partial charge in [-0.2, -0.15) is 0 Å². The summed E-state index contributed by atoms with van der Waals surface area (Å²) >= 11 is 0. The van der Waals surface area contributed by atoms with Gasteiger partial charge in [0.1, 0.15) is 0 Å². The normalized spacial score (nSPS) is 33.8. The van der Waals surface area contributed by atoms with Gasteiger partial charge >= 0.3 is 0 Å². The Balaban J connectivity index is 2.34. The van der Waals surface area contributed by atoms with Crippen molar-refractivity contribution in [1.29, 1.82) is 0 Å². The smallest absolute Gasteiger partial charge is 0.0591 e. The lowest BCUT2D eigenvalue weighted by molar-refractivity contribution is 0.0395. The van der Waals surface area contributed by atoms with E-state index in [1.807, 2.05) is 0 Å². The Kier molecular flexibility index (Phi) is 3.57. The summed E-state index contributed by atoms with van der Waals surface area (Å²) in [4.78, 5) is 0. The molecule has 0 radical (unpaired) electrons. The van der Waals surface area contributed by atoms with Crippen LogP contribution >= 0.6 is 0 Å². The van der Waals surface area contributed by atoms with Crippen LogP contribution in [0.15, 0.2) is 0 Å². The maximum absolute atomic E-state index is 9.84. The summed E-state index contributed by atoms with van der Waals surface area (Å²) in [6, 6.07) is 0. The number of hydrogen-bond donors (Lipinski definition) is 1. The lowest BCUT2D eigenvalue weighted by Crippen LogP contribution is -2.29. The molecular formula is C11H22O. The molecule has 0 amide bonds. The molecule has 1 rings (SSSR count). The van der Waals surface area contributed by atoms with Gasteiger partial charge in [0, 0.05) is 0 Å². The molecule has 1 nitrogen and oxygen atoms in total. The Hall–Kier alpha value is -0.0400. The highest BCUT2D eigenvalue weighted by atomic mass is 16.3. The first-order valence-electron chi connectivity index (χ1n) is 5.29. The summed E-state index contributed by atoms with van der Waals surface area (Å²) in [5.41, 5.74) is 0. The first-order valence-corrected chi connectivity index (χ1v) is 5.29. The summed E-state index contributed by atoms with van der Waals surface area (Å²) in [7, 11) is 0. The Morgan fingerprint density at radius 2 is 1.58 bits per heavy atom. The number of hydrogen-bond acceptors (Lipinski definition) is 1. The van der Waals surface area contributed by atoms with Gasteiger partial charge in [0.05, 0.1) is 6.10 Å². The minimum Gasteiger partial charge on any atom is -0.393 e. The molecule has 0 saturated heterocycles. The average molecular weight is 170 g/mol. The van der Waals surface area contributed by atoms with Crippen molar-refractivity contribution >= 4 is 0 Å². The minimum atomic E-state index is -0.0579. The van der Waals surface area contributed by atoms with Crippen molar-refractivity contribution in [1.82, 2.24) is 0 Å². The zero-order valence-electron chi connectivity index (χ0n) is 8.59. The highest BCUT2D eigenvalue weighted by Crippen LogP contribution is 2.32. The zero-order valence-corrected chi connectivity index (χ0v) is 8.59. The van der Waals surface area contributed by atoms with Gasteiger partial charge in [-0.3, -0.25) is 0 Å². The average Bonchev–Trinajstić information content (AvgIpc) is 2.04. The molecule has 0 spiro atoms. The lowest BCUT2D eigenvalue weighted by Gasteiger charge is -2.31. The van der Waals surface area contributed by atoms with Crippen molar-refractivity contribution < 1.29 is 5.11 Å². The molecule has 1 aliphatic carbocycles. The van der Waals surface area contributed by atoms with Crippen LogP contribution in [-0.2, 0) is 0 Å². The summed E-state index contributed by atoms with van der Waals surface area (Å²) in [5, 5.41) is 9.84. The van der Waals surface area contributed by atoms with Crippen LogP contribution in [0.3, 0.4) is 0 Å². The van der Waals surface area contributed by atoms with E-state index in [2.05, 4.69) is 20.8 Å². The van der Waals surface area contributed by atoms with E-state index in [1.54, 1.807) is 0 Å². The van der Waals surface area contributed by atoms with Gasteiger partial charge in [-0.25, -0.2) is 0 Å². The molecule has 0 aliphatic heterocycles. The Bertz CT molecular complexity index is 123. The molecule has 1 aliphatic rings. The Morgan fingerprint density at radius 1 is 1.08 bits per heavy atom. The second-order valence-electron chi connectivity index (χ2n) is 4.75. The molecule has 0 heterocycles. The minimum absolute atomic E-state index is 0.0579. The topological polar surface area (TPSA) is 20.2 Å². The van der Waals surface area contributed by atoms with E-state index in [0.29, 0.717) is 11.8 Å². The third kappa shape index (κ3) is 2.48. The highest BCUT2D eigenvalue weighted by molar-refractivity contribution is 4.77. The zero-order chi connectivity index (χ0) is 9.14. The van der Waals surface area contributed by atoms with Crippen LogP contribution in [0.5, 0.6) is 0 Å². The van der Waals surface area contributed by atoms with E-state index in [-0.39, 0.29) is 6.10 Å². The number of aliphatic hydroxyl groups excluding tert-OH is 1. The highest BCUT2D eigenvalue weighted by Gasteiger charge is 2.26. The van der Waals surface area contributed by atoms with E-state index in [4.69, 9.17) is 0 Å². The van der Waals surface area contributed by atoms with Gasteiger partial charge in [-0.1, -0.05) is 33.6 Å². The van der Waals surface area contributed by atoms with Crippen LogP contribution in [0.4, 0.5) is 0 Å². The van der Waals surface area contributed by atoms with Crippen molar-refractivity contribution in [3.8, 4) is 0 Å². The molecule has 1 unspecified atom stereocenters. The maximum Gasteiger partial charge on any atom is 0.0591 e. The van der Waals surface area contributed by atoms with Crippen molar-refractivity contribution in [3.05, 3.63) is 0 Å². The molecule has 0 aromatic rings. The summed E-state index contributed by atoms with van der Waals surface area (Å²) in [6.45, 7) is 6.55. The maximum atomic E-state index is 9.84. The van der Waals surface area contributed by atoms with Crippen molar-refractivity contribution in [2.75, 3.05) is 0 Å². The fourth-order valence-electron chi connectivity index (χ4n) is 2.17. The predicted octanol–water partition coefficient (Wildman–Crippen LogP) is 2.83. The van der Waals surface area contributed by atoms with Gasteiger partial charge in [-0.15, -0.1) is 0 Å². The second-order valence-corrected chi connectivity index (χ2v) is 4.75. The molecule has 72 valence electrons. The number of aliphatic hydroxyl groups is 1. The standard InChI is InChI=1S/C11H22O/c1-8(2)11(12)10-6-4-9(3)5-7-10/h8-12H,4-7H2,1-3H3. The molecule has 0 aromatic carbocycles. The molecule has 1 saturated carbocycles. The Morgan fingerprint density at radius 3 is 2.00 bits per heavy atom. The van der Waals surface area contributed by atoms with Crippen LogP contribution in [0.2, 0.25) is 0 Å². The van der Waals surface area contributed by atoms with E-state index in [1.165, 1.54) is 25.7 Å². The van der Waals surface area contributed by atoms with Gasteiger partial charge < -0.3 is 5.11 Å². The van der Waals surface area contributed by atoms with Crippen LogP contribution in [-0.4, -0.2) is 11.2 Å². The van der Waals surface area contributed by atoms with Gasteiger partial charge in [0.2, 0.25) is 0 Å². The third-order valence-corrected chi connectivity index (χ3v) is 3.23.